The van der Waals surface area contributed by atoms with Crippen molar-refractivity contribution in [3.8, 4) is 11.1 Å². The van der Waals surface area contributed by atoms with Crippen LogP contribution in [-0.2, 0) is 20.9 Å². The van der Waals surface area contributed by atoms with Crippen molar-refractivity contribution >= 4 is 38.5 Å². The number of piperazine rings is 1. The second kappa shape index (κ2) is 11.3. The highest BCUT2D eigenvalue weighted by molar-refractivity contribution is 7.22. The van der Waals surface area contributed by atoms with Crippen molar-refractivity contribution in [3.63, 3.8) is 0 Å². The third-order valence-corrected chi connectivity index (χ3v) is 12.0. The molecular weight excluding hydrogens is 602 g/mol. The number of aromatic nitrogens is 3. The Bertz CT molecular complexity index is 1690. The summed E-state index contributed by atoms with van der Waals surface area (Å²) in [6, 6.07) is 6.61. The van der Waals surface area contributed by atoms with Gasteiger partial charge in [0.05, 0.1) is 27.8 Å². The Balaban J connectivity index is 0.820. The molecule has 2 bridgehead atoms. The van der Waals surface area contributed by atoms with E-state index in [1.54, 1.807) is 12.4 Å². The van der Waals surface area contributed by atoms with Gasteiger partial charge in [0.2, 0.25) is 17.4 Å². The third-order valence-electron chi connectivity index (χ3n) is 11.1. The molecule has 5 aliphatic carbocycles. The summed E-state index contributed by atoms with van der Waals surface area (Å²) in [6.07, 6.45) is 9.56. The molecule has 9 rings (SSSR count). The Morgan fingerprint density at radius 2 is 1.93 bits per heavy atom. The molecule has 2 N–H and O–H groups in total. The minimum Gasteiger partial charge on any atom is -0.390 e. The number of hydrogen-bond donors (Lipinski definition) is 2. The number of nitrogens with one attached hydrogen (secondary N) is 1. The number of ether oxygens (including phenoxy) is 1. The summed E-state index contributed by atoms with van der Waals surface area (Å²) >= 11 is 1.47. The number of rotatable bonds is 8. The van der Waals surface area contributed by atoms with Gasteiger partial charge in [0.15, 0.2) is 11.0 Å². The van der Waals surface area contributed by atoms with E-state index in [4.69, 9.17) is 11.3 Å². The molecule has 0 radical (unpaired) electrons. The summed E-state index contributed by atoms with van der Waals surface area (Å²) in [6.45, 7) is 12.1. The Kier molecular flexibility index (Phi) is 7.36. The molecule has 11 nitrogen and oxygen atoms in total. The van der Waals surface area contributed by atoms with Crippen molar-refractivity contribution in [1.29, 1.82) is 0 Å². The predicted octanol–water partition coefficient (Wildman–Crippen LogP) is 4.28. The fourth-order valence-corrected chi connectivity index (χ4v) is 9.32. The van der Waals surface area contributed by atoms with Gasteiger partial charge in [0.25, 0.3) is 0 Å². The molecule has 2 aromatic heterocycles. The molecule has 3 aromatic rings. The minimum absolute atomic E-state index is 0.0192. The van der Waals surface area contributed by atoms with Gasteiger partial charge in [-0.2, -0.15) is 0 Å². The molecule has 2 amide bonds. The molecule has 5 saturated carbocycles. The zero-order chi connectivity index (χ0) is 31.6. The number of thiazole rings is 1. The highest BCUT2D eigenvalue weighted by Crippen LogP contribution is 2.70. The maximum atomic E-state index is 13.2. The second-order valence-corrected chi connectivity index (χ2v) is 15.3. The van der Waals surface area contributed by atoms with E-state index in [-0.39, 0.29) is 47.4 Å². The summed E-state index contributed by atoms with van der Waals surface area (Å²) in [4.78, 5) is 48.1. The van der Waals surface area contributed by atoms with Gasteiger partial charge in [0, 0.05) is 74.9 Å². The van der Waals surface area contributed by atoms with Crippen molar-refractivity contribution in [2.24, 2.45) is 11.3 Å². The van der Waals surface area contributed by atoms with E-state index >= 15 is 0 Å². The fourth-order valence-electron chi connectivity index (χ4n) is 8.41. The van der Waals surface area contributed by atoms with Crippen LogP contribution >= 0.6 is 11.3 Å². The van der Waals surface area contributed by atoms with Gasteiger partial charge in [-0.25, -0.2) is 21.5 Å². The van der Waals surface area contributed by atoms with Crippen molar-refractivity contribution < 1.29 is 19.4 Å². The molecule has 1 aromatic carbocycles. The van der Waals surface area contributed by atoms with Gasteiger partial charge in [-0.15, -0.1) is 0 Å². The maximum absolute atomic E-state index is 13.2. The summed E-state index contributed by atoms with van der Waals surface area (Å²) in [7, 11) is 0. The molecule has 0 unspecified atom stereocenters. The number of amides is 2. The number of carbonyl (C=O) groups excluding carboxylic acids is 2. The van der Waals surface area contributed by atoms with E-state index in [1.165, 1.54) is 11.3 Å². The highest BCUT2D eigenvalue weighted by Gasteiger charge is 2.78. The van der Waals surface area contributed by atoms with Crippen molar-refractivity contribution in [2.75, 3.05) is 25.0 Å². The van der Waals surface area contributed by atoms with Crippen molar-refractivity contribution in [1.82, 2.24) is 24.8 Å². The molecule has 240 valence electrons. The molecular formula is C34H39N7O4S. The lowest BCUT2D eigenvalue weighted by molar-refractivity contribution is -0.180. The maximum Gasteiger partial charge on any atom is 0.235 e. The van der Waals surface area contributed by atoms with Crippen LogP contribution in [0.3, 0.4) is 0 Å². The summed E-state index contributed by atoms with van der Waals surface area (Å²) in [5, 5.41) is 13.6. The van der Waals surface area contributed by atoms with Crippen molar-refractivity contribution in [3.05, 3.63) is 47.8 Å². The van der Waals surface area contributed by atoms with Crippen LogP contribution in [0, 0.1) is 17.9 Å². The molecule has 6 fully saturated rings. The van der Waals surface area contributed by atoms with Crippen LogP contribution < -0.4 is 5.32 Å². The van der Waals surface area contributed by atoms with Crippen LogP contribution in [0.25, 0.3) is 26.2 Å². The minimum atomic E-state index is -0.399. The number of anilines is 1. The van der Waals surface area contributed by atoms with Crippen LogP contribution in [0.5, 0.6) is 0 Å². The van der Waals surface area contributed by atoms with Gasteiger partial charge in [-0.3, -0.25) is 14.5 Å². The average molecular weight is 642 g/mol. The Hall–Kier alpha value is -3.50. The van der Waals surface area contributed by atoms with Crippen LogP contribution in [0.15, 0.2) is 30.6 Å². The molecule has 0 spiro atoms. The van der Waals surface area contributed by atoms with E-state index in [0.29, 0.717) is 17.0 Å². The van der Waals surface area contributed by atoms with Gasteiger partial charge in [-0.1, -0.05) is 17.4 Å². The first kappa shape index (κ1) is 29.9. The van der Waals surface area contributed by atoms with E-state index in [1.807, 2.05) is 23.1 Å². The molecule has 46 heavy (non-hydrogen) atoms. The first-order valence-corrected chi connectivity index (χ1v) is 17.3. The largest absolute Gasteiger partial charge is 0.390 e. The number of fused-ring (bicyclic) bond motifs is 1. The van der Waals surface area contributed by atoms with Gasteiger partial charge >= 0.3 is 0 Å². The predicted molar refractivity (Wildman–Crippen MR) is 173 cm³/mol. The molecule has 3 heterocycles. The molecule has 12 heteroatoms. The smallest absolute Gasteiger partial charge is 0.235 e. The zero-order valence-corrected chi connectivity index (χ0v) is 26.8. The molecule has 6 aliphatic rings. The first-order chi connectivity index (χ1) is 22.2. The Morgan fingerprint density at radius 1 is 1.15 bits per heavy atom. The lowest BCUT2D eigenvalue weighted by Gasteiger charge is -2.62. The van der Waals surface area contributed by atoms with Crippen LogP contribution in [0.1, 0.15) is 64.1 Å². The molecule has 3 atom stereocenters. The van der Waals surface area contributed by atoms with E-state index in [0.717, 1.165) is 92.3 Å². The number of carbonyl (C=O) groups is 2. The van der Waals surface area contributed by atoms with E-state index in [9.17, 15) is 14.7 Å². The number of aliphatic hydroxyl groups is 1. The van der Waals surface area contributed by atoms with Gasteiger partial charge in [-0.05, 0) is 56.7 Å². The zero-order valence-electron chi connectivity index (χ0n) is 26.0. The molecule has 1 saturated heterocycles. The van der Waals surface area contributed by atoms with Crippen LogP contribution in [-0.4, -0.2) is 91.1 Å². The van der Waals surface area contributed by atoms with E-state index in [2.05, 4.69) is 36.9 Å². The third kappa shape index (κ3) is 5.18. The quantitative estimate of drug-likeness (QED) is 0.350. The summed E-state index contributed by atoms with van der Waals surface area (Å²) in [5.74, 6) is 0.826. The summed E-state index contributed by atoms with van der Waals surface area (Å²) in [5.41, 5.74) is 2.23. The average Bonchev–Trinajstić information content (AvgIpc) is 3.59. The topological polar surface area (TPSA) is 125 Å². The van der Waals surface area contributed by atoms with Crippen LogP contribution in [0.4, 0.5) is 5.13 Å². The normalized spacial score (nSPS) is 33.5. The first-order valence-electron chi connectivity index (χ1n) is 16.5. The van der Waals surface area contributed by atoms with E-state index < -0.39 is 6.10 Å². The second-order valence-electron chi connectivity index (χ2n) is 14.2. The monoisotopic (exact) mass is 641 g/mol. The van der Waals surface area contributed by atoms with Crippen molar-refractivity contribution in [2.45, 2.75) is 94.7 Å². The number of aliphatic hydroxyl groups excluding tert-OH is 1. The lowest BCUT2D eigenvalue weighted by Crippen LogP contribution is -2.72. The summed E-state index contributed by atoms with van der Waals surface area (Å²) < 4.78 is 6.78. The fraction of sp³-hybridized carbons (Fsp3) is 0.588. The number of hydrogen-bond acceptors (Lipinski definition) is 9. The lowest BCUT2D eigenvalue weighted by atomic mass is 9.39. The Labute approximate surface area is 272 Å². The standard InChI is InChI=1S/C34H39N7O4S/c1-20-15-40(31(44)33-17-34(18-33,19-33)35-2)8-9-41(20)24-10-22(11-24)30(43)39-32-38-25-7-6-21(12-28(25)46-32)23-13-36-29(37-14-23)16-45-27-5-3-4-26(27)42/h6-7,12-14,20,22,24,26-27,42H,3-5,8-11,15-19H2,1H3,(H,38,39,43)/t20-,22?,24?,26-,27-,33?,34?/m0/s1. The molecule has 1 aliphatic heterocycles. The van der Waals surface area contributed by atoms with Gasteiger partial charge < -0.3 is 24.9 Å². The highest BCUT2D eigenvalue weighted by atomic mass is 32.1. The SMILES string of the molecule is [C-]#[N+]C12CC(C(=O)N3CCN(C4CC(C(=O)Nc5nc6ccc(-c7cnc(CO[C@H]8CCC[C@@H]8O)nc7)cc6s5)C4)[C@@H](C)C3)(C1)C2. The van der Waals surface area contributed by atoms with Crippen LogP contribution in [0.2, 0.25) is 0 Å². The Morgan fingerprint density at radius 3 is 2.63 bits per heavy atom. The van der Waals surface area contributed by atoms with Gasteiger partial charge in [0.1, 0.15) is 6.61 Å². The number of benzene rings is 1. The number of nitrogens with zero attached hydrogens (tertiary/aromatic N) is 6.